The molecule has 0 aromatic carbocycles. The molecule has 4 amide bonds. The lowest BCUT2D eigenvalue weighted by Crippen LogP contribution is -2.64. The summed E-state index contributed by atoms with van der Waals surface area (Å²) in [6.45, 7) is 2.65. The average molecular weight is 563 g/mol. The van der Waals surface area contributed by atoms with Crippen molar-refractivity contribution in [3.63, 3.8) is 0 Å². The molecule has 1 saturated heterocycles. The summed E-state index contributed by atoms with van der Waals surface area (Å²) in [6.07, 6.45) is -2.92. The fourth-order valence-electron chi connectivity index (χ4n) is 4.36. The predicted octanol–water partition coefficient (Wildman–Crippen LogP) is 2.90. The topological polar surface area (TPSA) is 137 Å². The van der Waals surface area contributed by atoms with Gasteiger partial charge in [0.15, 0.2) is 12.2 Å². The number of nitrogens with zero attached hydrogens (tertiary/aromatic N) is 7. The lowest BCUT2D eigenvalue weighted by atomic mass is 10.1. The second kappa shape index (κ2) is 9.76. The highest BCUT2D eigenvalue weighted by Crippen LogP contribution is 2.33. The molecule has 204 valence electrons. The zero-order valence-electron chi connectivity index (χ0n) is 20.8. The van der Waals surface area contributed by atoms with Crippen molar-refractivity contribution in [2.75, 3.05) is 18.9 Å². The van der Waals surface area contributed by atoms with Gasteiger partial charge in [0, 0.05) is 30.3 Å². The summed E-state index contributed by atoms with van der Waals surface area (Å²) < 4.78 is 44.0. The third-order valence-corrected chi connectivity index (χ3v) is 7.04. The summed E-state index contributed by atoms with van der Waals surface area (Å²) >= 11 is 1.13. The van der Waals surface area contributed by atoms with Crippen molar-refractivity contribution in [2.24, 2.45) is 4.99 Å². The molecule has 2 aliphatic rings. The van der Waals surface area contributed by atoms with E-state index in [1.54, 1.807) is 18.4 Å². The average Bonchev–Trinajstić information content (AvgIpc) is 3.60. The van der Waals surface area contributed by atoms with Gasteiger partial charge in [0.2, 0.25) is 5.91 Å². The van der Waals surface area contributed by atoms with Crippen LogP contribution in [0.4, 0.5) is 23.8 Å². The summed E-state index contributed by atoms with van der Waals surface area (Å²) in [5.41, 5.74) is -0.233. The Labute approximate surface area is 223 Å². The van der Waals surface area contributed by atoms with E-state index in [2.05, 4.69) is 25.4 Å². The summed E-state index contributed by atoms with van der Waals surface area (Å²) in [4.78, 5) is 54.7. The molecule has 0 aliphatic carbocycles. The van der Waals surface area contributed by atoms with Gasteiger partial charge in [-0.2, -0.15) is 13.2 Å². The maximum atomic E-state index is 13.3. The van der Waals surface area contributed by atoms with Gasteiger partial charge < -0.3 is 19.6 Å². The van der Waals surface area contributed by atoms with Gasteiger partial charge >= 0.3 is 12.2 Å². The number of aliphatic imine (C=N–C) groups is 1. The number of likely N-dealkylation sites (N-methyl/N-ethyl adjacent to an activating group) is 1. The number of urea groups is 1. The third kappa shape index (κ3) is 5.06. The minimum absolute atomic E-state index is 0.0445. The maximum absolute atomic E-state index is 13.3. The van der Waals surface area contributed by atoms with Crippen LogP contribution < -0.4 is 5.32 Å². The van der Waals surface area contributed by atoms with Crippen molar-refractivity contribution in [3.05, 3.63) is 46.4 Å². The number of imide groups is 1. The molecule has 0 spiro atoms. The smallest absolute Gasteiger partial charge is 0.361 e. The highest BCUT2D eigenvalue weighted by molar-refractivity contribution is 7.13. The van der Waals surface area contributed by atoms with Crippen molar-refractivity contribution in [2.45, 2.75) is 38.8 Å². The molecule has 2 unspecified atom stereocenters. The number of thiazole rings is 1. The molecular formula is C23H21F3N8O4S. The fraction of sp³-hybridized carbons (Fsp3) is 0.348. The minimum atomic E-state index is -4.56. The Morgan fingerprint density at radius 1 is 1.23 bits per heavy atom. The lowest BCUT2D eigenvalue weighted by Gasteiger charge is -2.40. The predicted molar refractivity (Wildman–Crippen MR) is 131 cm³/mol. The molecule has 12 nitrogen and oxygen atoms in total. The maximum Gasteiger partial charge on any atom is 0.433 e. The lowest BCUT2D eigenvalue weighted by molar-refractivity contribution is -0.141. The molecule has 2 aliphatic heterocycles. The number of pyridine rings is 1. The van der Waals surface area contributed by atoms with Gasteiger partial charge in [-0.05, 0) is 25.5 Å². The number of carbonyl (C=O) groups is 3. The summed E-state index contributed by atoms with van der Waals surface area (Å²) in [7, 11) is 1.52. The second-order valence-electron chi connectivity index (χ2n) is 9.02. The zero-order valence-corrected chi connectivity index (χ0v) is 21.6. The number of anilines is 1. The van der Waals surface area contributed by atoms with E-state index >= 15 is 0 Å². The van der Waals surface area contributed by atoms with Gasteiger partial charge in [0.1, 0.15) is 28.0 Å². The molecule has 16 heteroatoms. The number of carbonyl (C=O) groups excluding carboxylic acids is 3. The molecule has 1 fully saturated rings. The summed E-state index contributed by atoms with van der Waals surface area (Å²) in [5.74, 6) is -0.317. The van der Waals surface area contributed by atoms with Gasteiger partial charge in [-0.3, -0.25) is 19.5 Å². The Kier molecular flexibility index (Phi) is 6.57. The number of fused-ring (bicyclic) bond motifs is 1. The van der Waals surface area contributed by atoms with E-state index in [1.807, 2.05) is 0 Å². The Morgan fingerprint density at radius 2 is 2.00 bits per heavy atom. The number of amides is 4. The largest absolute Gasteiger partial charge is 0.433 e. The van der Waals surface area contributed by atoms with E-state index in [0.717, 1.165) is 22.4 Å². The Hall–Kier alpha value is -4.34. The number of halogens is 3. The minimum Gasteiger partial charge on any atom is -0.361 e. The molecule has 0 saturated carbocycles. The molecule has 3 aromatic rings. The first-order valence-electron chi connectivity index (χ1n) is 11.5. The molecule has 0 radical (unpaired) electrons. The molecule has 39 heavy (non-hydrogen) atoms. The van der Waals surface area contributed by atoms with E-state index in [4.69, 9.17) is 4.52 Å². The number of hydrogen-bond donors (Lipinski definition) is 1. The summed E-state index contributed by atoms with van der Waals surface area (Å²) in [6, 6.07) is 1.49. The van der Waals surface area contributed by atoms with Gasteiger partial charge in [-0.1, -0.05) is 5.16 Å². The van der Waals surface area contributed by atoms with Crippen LogP contribution in [-0.4, -0.2) is 79.8 Å². The van der Waals surface area contributed by atoms with Gasteiger partial charge in [0.05, 0.1) is 19.4 Å². The SMILES string of the molecule is Cc1cc(CN2C(=O)C3C(N=CN3CC(=O)Nc3csc(-c4cnc(C(F)(F)F)c(C)c4)n3)N(C)C2=O)no1. The van der Waals surface area contributed by atoms with Crippen molar-refractivity contribution >= 4 is 41.3 Å². The van der Waals surface area contributed by atoms with Crippen LogP contribution in [0.1, 0.15) is 22.7 Å². The number of nitrogens with one attached hydrogen (secondary N) is 1. The molecule has 3 aromatic heterocycles. The summed E-state index contributed by atoms with van der Waals surface area (Å²) in [5, 5.41) is 8.38. The van der Waals surface area contributed by atoms with Crippen molar-refractivity contribution < 1.29 is 32.1 Å². The molecule has 5 rings (SSSR count). The van der Waals surface area contributed by atoms with Crippen LogP contribution in [0.15, 0.2) is 33.2 Å². The first kappa shape index (κ1) is 26.3. The van der Waals surface area contributed by atoms with Crippen molar-refractivity contribution in [1.29, 1.82) is 0 Å². The van der Waals surface area contributed by atoms with E-state index in [9.17, 15) is 27.6 Å². The highest BCUT2D eigenvalue weighted by Gasteiger charge is 2.50. The Morgan fingerprint density at radius 3 is 2.67 bits per heavy atom. The van der Waals surface area contributed by atoms with E-state index in [0.29, 0.717) is 22.0 Å². The standard InChI is InChI=1S/C23H21F3N8O4S/c1-11-4-13(6-27-18(11)23(24,25)26)20-30-15(9-39-20)29-16(35)8-33-10-28-19-17(33)21(36)34(22(37)32(19)3)7-14-5-12(2)38-31-14/h4-6,9-10,17,19H,7-8H2,1-3H3,(H,29,35). The van der Waals surface area contributed by atoms with Crippen LogP contribution >= 0.6 is 11.3 Å². The van der Waals surface area contributed by atoms with Crippen LogP contribution in [0, 0.1) is 13.8 Å². The number of aryl methyl sites for hydroxylation is 2. The van der Waals surface area contributed by atoms with Gasteiger partial charge in [-0.25, -0.2) is 14.8 Å². The van der Waals surface area contributed by atoms with Gasteiger partial charge in [0.25, 0.3) is 5.91 Å². The van der Waals surface area contributed by atoms with Crippen molar-refractivity contribution in [3.8, 4) is 10.6 Å². The van der Waals surface area contributed by atoms with Gasteiger partial charge in [-0.15, -0.1) is 11.3 Å². The van der Waals surface area contributed by atoms with Crippen LogP contribution in [0.2, 0.25) is 0 Å². The highest BCUT2D eigenvalue weighted by atomic mass is 32.1. The normalized spacial score (nSPS) is 19.2. The molecule has 0 bridgehead atoms. The van der Waals surface area contributed by atoms with Crippen molar-refractivity contribution in [1.82, 2.24) is 29.8 Å². The number of aromatic nitrogens is 3. The van der Waals surface area contributed by atoms with Crippen LogP contribution in [0.3, 0.4) is 0 Å². The first-order valence-corrected chi connectivity index (χ1v) is 12.4. The van der Waals surface area contributed by atoms with E-state index < -0.39 is 41.9 Å². The van der Waals surface area contributed by atoms with Crippen LogP contribution in [-0.2, 0) is 22.3 Å². The zero-order chi connectivity index (χ0) is 28.1. The quantitative estimate of drug-likeness (QED) is 0.484. The number of rotatable bonds is 6. The molecular weight excluding hydrogens is 541 g/mol. The van der Waals surface area contributed by atoms with E-state index in [-0.39, 0.29) is 24.5 Å². The number of alkyl halides is 3. The molecule has 5 heterocycles. The second-order valence-corrected chi connectivity index (χ2v) is 9.87. The number of hydrogen-bond acceptors (Lipinski definition) is 10. The Balaban J connectivity index is 1.26. The first-order chi connectivity index (χ1) is 18.4. The van der Waals surface area contributed by atoms with E-state index in [1.165, 1.54) is 36.2 Å². The molecule has 2 atom stereocenters. The van der Waals surface area contributed by atoms with Crippen LogP contribution in [0.5, 0.6) is 0 Å². The third-order valence-electron chi connectivity index (χ3n) is 6.14. The van der Waals surface area contributed by atoms with Crippen LogP contribution in [0.25, 0.3) is 10.6 Å². The molecule has 1 N–H and O–H groups in total. The Bertz CT molecular complexity index is 1490. The fourth-order valence-corrected chi connectivity index (χ4v) is 5.09. The monoisotopic (exact) mass is 562 g/mol.